The number of nitrogens with one attached hydrogen (secondary N) is 2. The fraction of sp³-hybridized carbons (Fsp3) is 0.353. The summed E-state index contributed by atoms with van der Waals surface area (Å²) >= 11 is 18.1. The molecule has 2 heterocycles. The van der Waals surface area contributed by atoms with Crippen molar-refractivity contribution in [1.82, 2.24) is 19.5 Å². The van der Waals surface area contributed by atoms with Gasteiger partial charge in [0.05, 0.1) is 0 Å². The zero-order valence-corrected chi connectivity index (χ0v) is 16.8. The van der Waals surface area contributed by atoms with Gasteiger partial charge in [-0.15, -0.1) is 0 Å². The summed E-state index contributed by atoms with van der Waals surface area (Å²) in [4.78, 5) is 13.2. The number of aliphatic hydroxyl groups excluding tert-OH is 1. The summed E-state index contributed by atoms with van der Waals surface area (Å²) in [6.45, 7) is 3.02. The van der Waals surface area contributed by atoms with Gasteiger partial charge in [0.25, 0.3) is 3.92 Å². The molecule has 3 aromatic rings. The second-order valence-corrected chi connectivity index (χ2v) is 8.38. The van der Waals surface area contributed by atoms with Crippen molar-refractivity contribution in [3.8, 4) is 0 Å². The van der Waals surface area contributed by atoms with Crippen LogP contribution in [0.2, 0.25) is 0 Å². The van der Waals surface area contributed by atoms with Crippen molar-refractivity contribution in [2.24, 2.45) is 5.92 Å². The van der Waals surface area contributed by atoms with Crippen molar-refractivity contribution in [2.45, 2.75) is 17.4 Å². The first-order valence-corrected chi connectivity index (χ1v) is 9.46. The van der Waals surface area contributed by atoms with Crippen molar-refractivity contribution in [3.63, 3.8) is 0 Å². The lowest BCUT2D eigenvalue weighted by Gasteiger charge is -2.15. The fourth-order valence-corrected chi connectivity index (χ4v) is 2.77. The lowest BCUT2D eigenvalue weighted by Crippen LogP contribution is -2.18. The number of rotatable bonds is 7. The Balaban J connectivity index is 1.95. The van der Waals surface area contributed by atoms with Crippen LogP contribution in [-0.4, -0.2) is 37.8 Å². The first-order valence-electron chi connectivity index (χ1n) is 8.33. The minimum atomic E-state index is -1.73. The number of alkyl halides is 3. The van der Waals surface area contributed by atoms with Crippen molar-refractivity contribution in [3.05, 3.63) is 42.2 Å². The van der Waals surface area contributed by atoms with Crippen LogP contribution in [0.3, 0.4) is 0 Å². The van der Waals surface area contributed by atoms with Crippen LogP contribution in [0.15, 0.2) is 36.7 Å². The molecule has 2 aromatic heterocycles. The molecular formula is C17H19Cl3N6O. The SMILES string of the molecule is C[C@H](CO)CNc1nc(NCc2ccccc2)c2ncn(C(Cl)(Cl)Cl)c2n1. The van der Waals surface area contributed by atoms with Crippen molar-refractivity contribution < 1.29 is 5.11 Å². The second-order valence-electron chi connectivity index (χ2n) is 6.16. The standard InChI is InChI=1S/C17H19Cl3N6O/c1-11(9-27)7-22-16-24-14(21-8-12-5-3-2-4-6-12)13-15(25-16)26(10-23-13)17(18,19)20/h2-6,10-11,27H,7-9H2,1H3,(H2,21,22,24,25)/t11-/m0/s1. The number of nitrogens with zero attached hydrogens (tertiary/aromatic N) is 4. The van der Waals surface area contributed by atoms with E-state index in [-0.39, 0.29) is 12.5 Å². The van der Waals surface area contributed by atoms with E-state index >= 15 is 0 Å². The van der Waals surface area contributed by atoms with Crippen LogP contribution in [0.25, 0.3) is 11.2 Å². The van der Waals surface area contributed by atoms with Crippen LogP contribution >= 0.6 is 34.8 Å². The molecule has 144 valence electrons. The molecule has 10 heteroatoms. The zero-order chi connectivity index (χ0) is 19.4. The van der Waals surface area contributed by atoms with Gasteiger partial charge in [-0.3, -0.25) is 4.57 Å². The average Bonchev–Trinajstić information content (AvgIpc) is 3.09. The molecule has 0 spiro atoms. The largest absolute Gasteiger partial charge is 0.396 e. The predicted molar refractivity (Wildman–Crippen MR) is 109 cm³/mol. The molecule has 0 aliphatic heterocycles. The Hall–Kier alpha value is -1.80. The first kappa shape index (κ1) is 19.9. The van der Waals surface area contributed by atoms with Crippen molar-refractivity contribution in [2.75, 3.05) is 23.8 Å². The highest BCUT2D eigenvalue weighted by Crippen LogP contribution is 2.35. The summed E-state index contributed by atoms with van der Waals surface area (Å²) in [6, 6.07) is 9.90. The Bertz CT molecular complexity index is 897. The number of imidazole rings is 1. The van der Waals surface area contributed by atoms with Gasteiger partial charge in [-0.2, -0.15) is 9.97 Å². The van der Waals surface area contributed by atoms with Crippen LogP contribution < -0.4 is 10.6 Å². The number of hydrogen-bond acceptors (Lipinski definition) is 6. The third-order valence-corrected chi connectivity index (χ3v) is 4.44. The Morgan fingerprint density at radius 2 is 1.89 bits per heavy atom. The summed E-state index contributed by atoms with van der Waals surface area (Å²) in [5, 5.41) is 15.6. The number of aromatic nitrogens is 4. The van der Waals surface area contributed by atoms with E-state index in [1.165, 1.54) is 10.9 Å². The van der Waals surface area contributed by atoms with E-state index in [2.05, 4.69) is 25.6 Å². The number of aliphatic hydroxyl groups is 1. The number of hydrogen-bond donors (Lipinski definition) is 3. The van der Waals surface area contributed by atoms with Crippen LogP contribution in [0, 0.1) is 5.92 Å². The van der Waals surface area contributed by atoms with E-state index < -0.39 is 3.92 Å². The Morgan fingerprint density at radius 3 is 2.56 bits per heavy atom. The maximum Gasteiger partial charge on any atom is 0.274 e. The van der Waals surface area contributed by atoms with E-state index in [1.807, 2.05) is 37.3 Å². The van der Waals surface area contributed by atoms with Gasteiger partial charge in [0.1, 0.15) is 6.33 Å². The van der Waals surface area contributed by atoms with Gasteiger partial charge >= 0.3 is 0 Å². The third kappa shape index (κ3) is 4.93. The predicted octanol–water partition coefficient (Wildman–Crippen LogP) is 3.76. The average molecular weight is 430 g/mol. The maximum absolute atomic E-state index is 9.21. The van der Waals surface area contributed by atoms with Gasteiger partial charge in [0.15, 0.2) is 17.0 Å². The highest BCUT2D eigenvalue weighted by Gasteiger charge is 2.27. The van der Waals surface area contributed by atoms with Gasteiger partial charge in [-0.1, -0.05) is 72.1 Å². The molecule has 0 saturated carbocycles. The molecule has 0 aliphatic carbocycles. The molecule has 0 amide bonds. The molecule has 1 aromatic carbocycles. The number of fused-ring (bicyclic) bond motifs is 1. The van der Waals surface area contributed by atoms with E-state index in [0.29, 0.717) is 36.0 Å². The van der Waals surface area contributed by atoms with Gasteiger partial charge in [-0.05, 0) is 11.5 Å². The monoisotopic (exact) mass is 428 g/mol. The van der Waals surface area contributed by atoms with E-state index in [1.54, 1.807) is 0 Å². The summed E-state index contributed by atoms with van der Waals surface area (Å²) in [5.41, 5.74) is 1.98. The third-order valence-electron chi connectivity index (χ3n) is 3.89. The molecule has 7 nitrogen and oxygen atoms in total. The normalized spacial score (nSPS) is 12.9. The molecular weight excluding hydrogens is 411 g/mol. The summed E-state index contributed by atoms with van der Waals surface area (Å²) in [6.07, 6.45) is 1.42. The molecule has 0 bridgehead atoms. The Morgan fingerprint density at radius 1 is 1.15 bits per heavy atom. The molecule has 0 aliphatic rings. The van der Waals surface area contributed by atoms with E-state index in [9.17, 15) is 5.11 Å². The topological polar surface area (TPSA) is 87.9 Å². The molecule has 1 atom stereocenters. The van der Waals surface area contributed by atoms with E-state index in [0.717, 1.165) is 5.56 Å². The number of benzene rings is 1. The smallest absolute Gasteiger partial charge is 0.274 e. The molecule has 3 N–H and O–H groups in total. The molecule has 0 unspecified atom stereocenters. The lowest BCUT2D eigenvalue weighted by atomic mass is 10.2. The maximum atomic E-state index is 9.21. The molecule has 0 saturated heterocycles. The highest BCUT2D eigenvalue weighted by molar-refractivity contribution is 6.64. The lowest BCUT2D eigenvalue weighted by molar-refractivity contribution is 0.244. The first-order chi connectivity index (χ1) is 12.9. The summed E-state index contributed by atoms with van der Waals surface area (Å²) < 4.78 is -0.376. The number of anilines is 2. The second kappa shape index (κ2) is 8.48. The fourth-order valence-electron chi connectivity index (χ4n) is 2.40. The zero-order valence-electron chi connectivity index (χ0n) is 14.5. The minimum absolute atomic E-state index is 0.0445. The summed E-state index contributed by atoms with van der Waals surface area (Å²) in [5.74, 6) is 0.925. The van der Waals surface area contributed by atoms with Gasteiger partial charge in [-0.25, -0.2) is 4.98 Å². The minimum Gasteiger partial charge on any atom is -0.396 e. The van der Waals surface area contributed by atoms with Crippen LogP contribution in [0.1, 0.15) is 12.5 Å². The van der Waals surface area contributed by atoms with Crippen molar-refractivity contribution >= 4 is 57.7 Å². The van der Waals surface area contributed by atoms with Gasteiger partial charge in [0, 0.05) is 19.7 Å². The van der Waals surface area contributed by atoms with Gasteiger partial charge < -0.3 is 15.7 Å². The molecule has 0 radical (unpaired) electrons. The van der Waals surface area contributed by atoms with Crippen LogP contribution in [-0.2, 0) is 10.5 Å². The number of halogens is 3. The van der Waals surface area contributed by atoms with Crippen LogP contribution in [0.4, 0.5) is 11.8 Å². The van der Waals surface area contributed by atoms with Crippen molar-refractivity contribution in [1.29, 1.82) is 0 Å². The highest BCUT2D eigenvalue weighted by atomic mass is 35.6. The Labute approximate surface area is 171 Å². The molecule has 3 rings (SSSR count). The van der Waals surface area contributed by atoms with Gasteiger partial charge in [0.2, 0.25) is 5.95 Å². The summed E-state index contributed by atoms with van der Waals surface area (Å²) in [7, 11) is 0. The molecule has 0 fully saturated rings. The molecule has 27 heavy (non-hydrogen) atoms. The Kier molecular flexibility index (Phi) is 6.26. The van der Waals surface area contributed by atoms with E-state index in [4.69, 9.17) is 34.8 Å². The quantitative estimate of drug-likeness (QED) is 0.496. The van der Waals surface area contributed by atoms with Crippen LogP contribution in [0.5, 0.6) is 0 Å².